The summed E-state index contributed by atoms with van der Waals surface area (Å²) in [5, 5.41) is 9.98. The molecular formula is C29H25FN6O3. The van der Waals surface area contributed by atoms with Crippen LogP contribution in [0.4, 0.5) is 10.1 Å². The molecule has 0 radical (unpaired) electrons. The van der Waals surface area contributed by atoms with Crippen molar-refractivity contribution in [1.82, 2.24) is 20.1 Å². The Kier molecular flexibility index (Phi) is 6.36. The van der Waals surface area contributed by atoms with Crippen LogP contribution in [0.25, 0.3) is 11.3 Å². The minimum atomic E-state index is -1.34. The van der Waals surface area contributed by atoms with E-state index in [4.69, 9.17) is 4.74 Å². The van der Waals surface area contributed by atoms with E-state index in [0.717, 1.165) is 18.5 Å². The van der Waals surface area contributed by atoms with Crippen molar-refractivity contribution in [2.45, 2.75) is 32.5 Å². The van der Waals surface area contributed by atoms with Crippen molar-refractivity contribution < 1.29 is 18.7 Å². The number of carbonyl (C=O) groups is 2. The van der Waals surface area contributed by atoms with Crippen molar-refractivity contribution in [1.29, 1.82) is 0 Å². The molecule has 0 saturated carbocycles. The van der Waals surface area contributed by atoms with Gasteiger partial charge in [-0.1, -0.05) is 49.4 Å². The van der Waals surface area contributed by atoms with Crippen LogP contribution in [0.2, 0.25) is 0 Å². The van der Waals surface area contributed by atoms with Crippen LogP contribution in [0.3, 0.4) is 0 Å². The Morgan fingerprint density at radius 3 is 2.74 bits per heavy atom. The van der Waals surface area contributed by atoms with Gasteiger partial charge in [0.15, 0.2) is 0 Å². The molecule has 9 nitrogen and oxygen atoms in total. The molecule has 2 aliphatic heterocycles. The average molecular weight is 525 g/mol. The zero-order valence-corrected chi connectivity index (χ0v) is 21.1. The van der Waals surface area contributed by atoms with Crippen molar-refractivity contribution >= 4 is 23.2 Å². The number of ether oxygens (including phenoxy) is 1. The Morgan fingerprint density at radius 2 is 1.97 bits per heavy atom. The molecule has 0 unspecified atom stereocenters. The number of hydrogen-bond donors (Lipinski definition) is 2. The summed E-state index contributed by atoms with van der Waals surface area (Å²) in [4.78, 5) is 36.2. The normalized spacial score (nSPS) is 16.2. The summed E-state index contributed by atoms with van der Waals surface area (Å²) >= 11 is 0. The van der Waals surface area contributed by atoms with E-state index >= 15 is 0 Å². The Balaban J connectivity index is 1.41. The van der Waals surface area contributed by atoms with Crippen molar-refractivity contribution in [3.05, 3.63) is 95.1 Å². The number of halogens is 1. The van der Waals surface area contributed by atoms with Gasteiger partial charge in [-0.05, 0) is 24.6 Å². The molecule has 10 heteroatoms. The van der Waals surface area contributed by atoms with E-state index < -0.39 is 23.8 Å². The second kappa shape index (κ2) is 10.1. The van der Waals surface area contributed by atoms with Crippen molar-refractivity contribution in [2.75, 3.05) is 11.9 Å². The zero-order valence-electron chi connectivity index (χ0n) is 21.1. The molecule has 0 spiro atoms. The predicted octanol–water partition coefficient (Wildman–Crippen LogP) is 3.97. The van der Waals surface area contributed by atoms with Gasteiger partial charge in [-0.2, -0.15) is 5.10 Å². The van der Waals surface area contributed by atoms with Gasteiger partial charge in [0.1, 0.15) is 17.1 Å². The molecule has 39 heavy (non-hydrogen) atoms. The molecular weight excluding hydrogens is 499 g/mol. The Labute approximate surface area is 223 Å². The minimum absolute atomic E-state index is 0.0101. The maximum Gasteiger partial charge on any atom is 0.269 e. The first-order chi connectivity index (χ1) is 19.0. The topological polar surface area (TPSA) is 110 Å². The van der Waals surface area contributed by atoms with Crippen LogP contribution in [0, 0.1) is 5.82 Å². The smallest absolute Gasteiger partial charge is 0.269 e. The third-order valence-electron chi connectivity index (χ3n) is 6.68. The highest BCUT2D eigenvalue weighted by molar-refractivity contribution is 6.20. The number of fused-ring (bicyclic) bond motifs is 2. The maximum absolute atomic E-state index is 14.8. The van der Waals surface area contributed by atoms with Crippen LogP contribution in [0.15, 0.2) is 71.9 Å². The number of benzene rings is 2. The first-order valence-corrected chi connectivity index (χ1v) is 12.8. The zero-order chi connectivity index (χ0) is 26.9. The number of aryl methyl sites for hydroxylation is 2. The monoisotopic (exact) mass is 524 g/mol. The molecule has 196 valence electrons. The number of hydrogen-bond acceptors (Lipinski definition) is 6. The molecule has 2 aliphatic rings. The van der Waals surface area contributed by atoms with Crippen LogP contribution in [0.5, 0.6) is 5.88 Å². The number of amides is 2. The lowest BCUT2D eigenvalue weighted by atomic mass is 10.0. The van der Waals surface area contributed by atoms with Gasteiger partial charge in [0.05, 0.1) is 18.0 Å². The predicted molar refractivity (Wildman–Crippen MR) is 143 cm³/mol. The lowest BCUT2D eigenvalue weighted by Crippen LogP contribution is -2.42. The second-order valence-electron chi connectivity index (χ2n) is 9.22. The molecule has 2 aromatic carbocycles. The molecule has 2 N–H and O–H groups in total. The third kappa shape index (κ3) is 4.54. The first-order valence-electron chi connectivity index (χ1n) is 12.8. The number of aliphatic imine (C=N–C) groups is 1. The number of benzodiazepines with no additional fused rings is 1. The Hall–Kier alpha value is -4.86. The van der Waals surface area contributed by atoms with Crippen molar-refractivity contribution in [3.63, 3.8) is 0 Å². The summed E-state index contributed by atoms with van der Waals surface area (Å²) in [6, 6.07) is 17.4. The van der Waals surface area contributed by atoms with Gasteiger partial charge in [-0.15, -0.1) is 0 Å². The molecule has 4 heterocycles. The van der Waals surface area contributed by atoms with Crippen molar-refractivity contribution in [2.24, 2.45) is 4.99 Å². The van der Waals surface area contributed by atoms with Crippen LogP contribution in [-0.2, 0) is 17.8 Å². The fourth-order valence-corrected chi connectivity index (χ4v) is 4.73. The number of rotatable bonds is 5. The van der Waals surface area contributed by atoms with Crippen LogP contribution < -0.4 is 15.4 Å². The van der Waals surface area contributed by atoms with E-state index in [-0.39, 0.29) is 11.3 Å². The number of carbonyl (C=O) groups excluding carboxylic acids is 2. The van der Waals surface area contributed by atoms with E-state index in [1.54, 1.807) is 23.0 Å². The van der Waals surface area contributed by atoms with E-state index in [9.17, 15) is 14.0 Å². The first kappa shape index (κ1) is 24.5. The lowest BCUT2D eigenvalue weighted by molar-refractivity contribution is -0.117. The van der Waals surface area contributed by atoms with Gasteiger partial charge in [0.2, 0.25) is 12.0 Å². The lowest BCUT2D eigenvalue weighted by Gasteiger charge is -2.17. The Bertz CT molecular complexity index is 1600. The average Bonchev–Trinajstić information content (AvgIpc) is 3.30. The Morgan fingerprint density at radius 1 is 1.13 bits per heavy atom. The van der Waals surface area contributed by atoms with Crippen LogP contribution >= 0.6 is 0 Å². The quantitative estimate of drug-likeness (QED) is 0.411. The summed E-state index contributed by atoms with van der Waals surface area (Å²) in [5.41, 5.74) is 3.63. The summed E-state index contributed by atoms with van der Waals surface area (Å²) in [5.74, 6) is -1.53. The highest BCUT2D eigenvalue weighted by Crippen LogP contribution is 2.33. The fraction of sp³-hybridized carbons (Fsp3) is 0.207. The van der Waals surface area contributed by atoms with Gasteiger partial charge in [0, 0.05) is 41.5 Å². The molecule has 0 saturated heterocycles. The van der Waals surface area contributed by atoms with Gasteiger partial charge in [0.25, 0.3) is 11.8 Å². The second-order valence-corrected chi connectivity index (χ2v) is 9.22. The van der Waals surface area contributed by atoms with E-state index in [2.05, 4.69) is 25.7 Å². The molecule has 4 aromatic rings. The van der Waals surface area contributed by atoms with E-state index in [1.165, 1.54) is 6.07 Å². The summed E-state index contributed by atoms with van der Waals surface area (Å²) in [6.07, 6.45) is 1.86. The molecule has 6 rings (SSSR count). The minimum Gasteiger partial charge on any atom is -0.477 e. The molecule has 1 atom stereocenters. The highest BCUT2D eigenvalue weighted by Gasteiger charge is 2.33. The van der Waals surface area contributed by atoms with Crippen LogP contribution in [0.1, 0.15) is 40.5 Å². The molecule has 0 aliphatic carbocycles. The molecule has 2 amide bonds. The number of para-hydroxylation sites is 1. The standard InChI is InChI=1S/C29H25FN6O3/c1-2-19-13-12-18(16-31-19)24-22(29-36(35-24)14-7-15-39-29)27(37)34-26-28(38)33-25-20(10-6-11-21(25)30)23(32-26)17-8-4-3-5-9-17/h3-6,8-13,16,26H,2,7,14-15H2,1H3,(H,33,38)(H,34,37)/t26-/m1/s1. The molecule has 0 fully saturated rings. The van der Waals surface area contributed by atoms with E-state index in [1.807, 2.05) is 49.4 Å². The van der Waals surface area contributed by atoms with Gasteiger partial charge in [-0.3, -0.25) is 14.6 Å². The van der Waals surface area contributed by atoms with E-state index in [0.29, 0.717) is 47.1 Å². The summed E-state index contributed by atoms with van der Waals surface area (Å²) in [6.45, 7) is 3.04. The summed E-state index contributed by atoms with van der Waals surface area (Å²) in [7, 11) is 0. The number of aromatic nitrogens is 3. The van der Waals surface area contributed by atoms with Gasteiger partial charge in [-0.25, -0.2) is 14.1 Å². The number of pyridine rings is 1. The fourth-order valence-electron chi connectivity index (χ4n) is 4.73. The highest BCUT2D eigenvalue weighted by atomic mass is 19.1. The van der Waals surface area contributed by atoms with Gasteiger partial charge >= 0.3 is 0 Å². The molecule has 0 bridgehead atoms. The number of nitrogens with zero attached hydrogens (tertiary/aromatic N) is 4. The maximum atomic E-state index is 14.8. The van der Waals surface area contributed by atoms with Crippen molar-refractivity contribution in [3.8, 4) is 17.1 Å². The number of anilines is 1. The van der Waals surface area contributed by atoms with Gasteiger partial charge < -0.3 is 15.4 Å². The summed E-state index contributed by atoms with van der Waals surface area (Å²) < 4.78 is 22.3. The number of nitrogens with one attached hydrogen (secondary N) is 2. The third-order valence-corrected chi connectivity index (χ3v) is 6.68. The largest absolute Gasteiger partial charge is 0.477 e. The van der Waals surface area contributed by atoms with Crippen LogP contribution in [-0.4, -0.2) is 45.1 Å². The SMILES string of the molecule is CCc1ccc(-c2nn3c(c2C(=O)N[C@H]2N=C(c4ccccc4)c4cccc(F)c4NC2=O)OCCC3)cn1. The molecule has 2 aromatic heterocycles.